The Labute approximate surface area is 170 Å². The molecule has 7 heteroatoms. The molecule has 1 saturated heterocycles. The molecule has 2 aromatic carbocycles. The molecule has 1 aromatic heterocycles. The van der Waals surface area contributed by atoms with E-state index in [1.165, 1.54) is 11.1 Å². The topological polar surface area (TPSA) is 57.2 Å². The third-order valence-electron chi connectivity index (χ3n) is 5.06. The van der Waals surface area contributed by atoms with Crippen molar-refractivity contribution in [2.24, 2.45) is 0 Å². The van der Waals surface area contributed by atoms with E-state index in [0.717, 1.165) is 42.6 Å². The Morgan fingerprint density at radius 2 is 1.71 bits per heavy atom. The minimum Gasteiger partial charge on any atom is -0.368 e. The highest BCUT2D eigenvalue weighted by Gasteiger charge is 2.20. The van der Waals surface area contributed by atoms with Crippen LogP contribution < -0.4 is 15.1 Å². The van der Waals surface area contributed by atoms with Gasteiger partial charge in [0.2, 0.25) is 5.95 Å². The van der Waals surface area contributed by atoms with Crippen LogP contribution >= 0.6 is 11.6 Å². The first-order valence-electron chi connectivity index (χ1n) is 9.38. The summed E-state index contributed by atoms with van der Waals surface area (Å²) in [6.45, 7) is 7.65. The maximum absolute atomic E-state index is 6.12. The van der Waals surface area contributed by atoms with Crippen LogP contribution in [0.15, 0.2) is 48.7 Å². The third-order valence-corrected chi connectivity index (χ3v) is 5.30. The van der Waals surface area contributed by atoms with Crippen molar-refractivity contribution in [3.63, 3.8) is 0 Å². The van der Waals surface area contributed by atoms with Gasteiger partial charge in [0.1, 0.15) is 0 Å². The molecule has 0 saturated carbocycles. The molecule has 0 radical (unpaired) electrons. The fraction of sp³-hybridized carbons (Fsp3) is 0.286. The summed E-state index contributed by atoms with van der Waals surface area (Å²) in [7, 11) is 0. The van der Waals surface area contributed by atoms with Crippen LogP contribution in [0.3, 0.4) is 0 Å². The van der Waals surface area contributed by atoms with Gasteiger partial charge in [0.25, 0.3) is 0 Å². The quantitative estimate of drug-likeness (QED) is 0.715. The maximum atomic E-state index is 6.12. The normalized spacial score (nSPS) is 14.2. The molecule has 1 aliphatic rings. The molecule has 0 aliphatic carbocycles. The number of aryl methyl sites for hydroxylation is 2. The van der Waals surface area contributed by atoms with Crippen molar-refractivity contribution in [1.82, 2.24) is 15.2 Å². The number of nitrogens with zero attached hydrogens (tertiary/aromatic N) is 5. The fourth-order valence-electron chi connectivity index (χ4n) is 3.29. The van der Waals surface area contributed by atoms with Gasteiger partial charge in [-0.05, 0) is 55.3 Å². The molecular formula is C21H23ClN6. The SMILES string of the molecule is Cc1ccc(Nc2cnnc(N3CCN(c4cccc(Cl)c4)CC3)n2)cc1C. The zero-order valence-electron chi connectivity index (χ0n) is 16.1. The predicted octanol–water partition coefficient (Wildman–Crippen LogP) is 4.21. The van der Waals surface area contributed by atoms with Gasteiger partial charge in [0, 0.05) is 42.6 Å². The molecule has 0 unspecified atom stereocenters. The van der Waals surface area contributed by atoms with Crippen LogP contribution in [-0.2, 0) is 0 Å². The highest BCUT2D eigenvalue weighted by atomic mass is 35.5. The van der Waals surface area contributed by atoms with Crippen molar-refractivity contribution >= 4 is 34.7 Å². The Balaban J connectivity index is 1.43. The number of hydrogen-bond acceptors (Lipinski definition) is 6. The van der Waals surface area contributed by atoms with E-state index >= 15 is 0 Å². The van der Waals surface area contributed by atoms with Gasteiger partial charge in [-0.15, -0.1) is 5.10 Å². The summed E-state index contributed by atoms with van der Waals surface area (Å²) in [4.78, 5) is 9.15. The Bertz CT molecular complexity index is 969. The molecule has 0 atom stereocenters. The van der Waals surface area contributed by atoms with Crippen LogP contribution in [0, 0.1) is 13.8 Å². The summed E-state index contributed by atoms with van der Waals surface area (Å²) in [5.74, 6) is 1.35. The van der Waals surface area contributed by atoms with E-state index in [9.17, 15) is 0 Å². The molecule has 1 aliphatic heterocycles. The molecule has 2 heterocycles. The van der Waals surface area contributed by atoms with E-state index in [1.54, 1.807) is 6.20 Å². The first-order valence-corrected chi connectivity index (χ1v) is 9.76. The lowest BCUT2D eigenvalue weighted by Crippen LogP contribution is -2.47. The van der Waals surface area contributed by atoms with Crippen LogP contribution in [0.25, 0.3) is 0 Å². The standard InChI is InChI=1S/C21H23ClN6/c1-15-6-7-18(12-16(15)2)24-20-14-23-26-21(25-20)28-10-8-27(9-11-28)19-5-3-4-17(22)13-19/h3-7,12-14H,8-11H2,1-2H3,(H,24,25,26). The molecule has 0 amide bonds. The smallest absolute Gasteiger partial charge is 0.247 e. The van der Waals surface area contributed by atoms with Crippen molar-refractivity contribution in [1.29, 1.82) is 0 Å². The molecule has 0 bridgehead atoms. The van der Waals surface area contributed by atoms with Gasteiger partial charge in [-0.25, -0.2) is 0 Å². The molecule has 144 valence electrons. The summed E-state index contributed by atoms with van der Waals surface area (Å²) in [6.07, 6.45) is 1.65. The monoisotopic (exact) mass is 394 g/mol. The largest absolute Gasteiger partial charge is 0.368 e. The zero-order chi connectivity index (χ0) is 19.5. The van der Waals surface area contributed by atoms with Gasteiger partial charge < -0.3 is 15.1 Å². The van der Waals surface area contributed by atoms with Gasteiger partial charge >= 0.3 is 0 Å². The molecule has 6 nitrogen and oxygen atoms in total. The van der Waals surface area contributed by atoms with Crippen molar-refractivity contribution < 1.29 is 0 Å². The number of hydrogen-bond donors (Lipinski definition) is 1. The summed E-state index contributed by atoms with van der Waals surface area (Å²) >= 11 is 6.12. The van der Waals surface area contributed by atoms with E-state index in [0.29, 0.717) is 11.8 Å². The van der Waals surface area contributed by atoms with Crippen LogP contribution in [0.2, 0.25) is 5.02 Å². The Kier molecular flexibility index (Phi) is 5.30. The maximum Gasteiger partial charge on any atom is 0.247 e. The fourth-order valence-corrected chi connectivity index (χ4v) is 3.48. The molecule has 0 spiro atoms. The van der Waals surface area contributed by atoms with Gasteiger partial charge in [-0.3, -0.25) is 0 Å². The number of aromatic nitrogens is 3. The Morgan fingerprint density at radius 3 is 2.46 bits per heavy atom. The Hall–Kier alpha value is -2.86. The first kappa shape index (κ1) is 18.5. The van der Waals surface area contributed by atoms with E-state index in [4.69, 9.17) is 11.6 Å². The molecule has 4 rings (SSSR count). The average Bonchev–Trinajstić information content (AvgIpc) is 2.71. The van der Waals surface area contributed by atoms with Gasteiger partial charge in [-0.2, -0.15) is 10.1 Å². The lowest BCUT2D eigenvalue weighted by molar-refractivity contribution is 0.635. The second-order valence-corrected chi connectivity index (χ2v) is 7.46. The molecule has 1 fully saturated rings. The third kappa shape index (κ3) is 4.17. The van der Waals surface area contributed by atoms with E-state index in [2.05, 4.69) is 62.3 Å². The van der Waals surface area contributed by atoms with Gasteiger partial charge in [0.05, 0.1) is 6.20 Å². The molecule has 3 aromatic rings. The second kappa shape index (κ2) is 8.02. The van der Waals surface area contributed by atoms with Crippen LogP contribution in [0.4, 0.5) is 23.1 Å². The van der Waals surface area contributed by atoms with Crippen molar-refractivity contribution in [3.8, 4) is 0 Å². The summed E-state index contributed by atoms with van der Waals surface area (Å²) < 4.78 is 0. The van der Waals surface area contributed by atoms with Gasteiger partial charge in [0.15, 0.2) is 5.82 Å². The number of rotatable bonds is 4. The molecule has 1 N–H and O–H groups in total. The Morgan fingerprint density at radius 1 is 0.929 bits per heavy atom. The zero-order valence-corrected chi connectivity index (χ0v) is 16.8. The first-order chi connectivity index (χ1) is 13.6. The number of piperazine rings is 1. The van der Waals surface area contributed by atoms with Crippen LogP contribution in [0.5, 0.6) is 0 Å². The van der Waals surface area contributed by atoms with Crippen LogP contribution in [0.1, 0.15) is 11.1 Å². The lowest BCUT2D eigenvalue weighted by atomic mass is 10.1. The van der Waals surface area contributed by atoms with E-state index in [1.807, 2.05) is 24.3 Å². The van der Waals surface area contributed by atoms with Crippen LogP contribution in [-0.4, -0.2) is 41.4 Å². The minimum absolute atomic E-state index is 0.652. The van der Waals surface area contributed by atoms with Crippen molar-refractivity contribution in [3.05, 3.63) is 64.8 Å². The number of benzene rings is 2. The number of nitrogens with one attached hydrogen (secondary N) is 1. The molecule has 28 heavy (non-hydrogen) atoms. The molecular weight excluding hydrogens is 372 g/mol. The summed E-state index contributed by atoms with van der Waals surface area (Å²) in [5, 5.41) is 12.5. The van der Waals surface area contributed by atoms with E-state index < -0.39 is 0 Å². The lowest BCUT2D eigenvalue weighted by Gasteiger charge is -2.36. The average molecular weight is 395 g/mol. The number of anilines is 4. The minimum atomic E-state index is 0.652. The van der Waals surface area contributed by atoms with Crippen molar-refractivity contribution in [2.45, 2.75) is 13.8 Å². The van der Waals surface area contributed by atoms with Crippen molar-refractivity contribution in [2.75, 3.05) is 41.3 Å². The second-order valence-electron chi connectivity index (χ2n) is 7.02. The van der Waals surface area contributed by atoms with Gasteiger partial charge in [-0.1, -0.05) is 23.7 Å². The highest BCUT2D eigenvalue weighted by molar-refractivity contribution is 6.30. The number of halogens is 1. The summed E-state index contributed by atoms with van der Waals surface area (Å²) in [6, 6.07) is 14.2. The summed E-state index contributed by atoms with van der Waals surface area (Å²) in [5.41, 5.74) is 4.66. The van der Waals surface area contributed by atoms with E-state index in [-0.39, 0.29) is 0 Å². The predicted molar refractivity (Wildman–Crippen MR) is 115 cm³/mol. The highest BCUT2D eigenvalue weighted by Crippen LogP contribution is 2.23.